The van der Waals surface area contributed by atoms with Crippen LogP contribution in [0.25, 0.3) is 0 Å². The van der Waals surface area contributed by atoms with Crippen LogP contribution in [0.3, 0.4) is 0 Å². The van der Waals surface area contributed by atoms with Crippen molar-refractivity contribution < 1.29 is 18.9 Å². The Kier molecular flexibility index (Phi) is 4.13. The smallest absolute Gasteiger partial charge is 0.303 e. The Morgan fingerprint density at radius 2 is 2.10 bits per heavy atom. The molecule has 4 nitrogen and oxygen atoms in total. The SMILES string of the molecule is CCCC(C)OP(=O)(O)O. The van der Waals surface area contributed by atoms with E-state index in [2.05, 4.69) is 4.52 Å². The number of rotatable bonds is 4. The summed E-state index contributed by atoms with van der Waals surface area (Å²) < 4.78 is 14.5. The topological polar surface area (TPSA) is 66.8 Å². The van der Waals surface area contributed by atoms with E-state index in [9.17, 15) is 4.57 Å². The van der Waals surface area contributed by atoms with E-state index >= 15 is 0 Å². The molecule has 0 saturated carbocycles. The molecule has 0 amide bonds. The molecular weight excluding hydrogens is 155 g/mol. The van der Waals surface area contributed by atoms with Crippen molar-refractivity contribution >= 4 is 7.82 Å². The average molecular weight is 168 g/mol. The Balaban J connectivity index is 3.58. The Labute approximate surface area is 60.5 Å². The van der Waals surface area contributed by atoms with Gasteiger partial charge in [-0.15, -0.1) is 0 Å². The molecule has 0 bridgehead atoms. The summed E-state index contributed by atoms with van der Waals surface area (Å²) in [5.41, 5.74) is 0. The molecule has 62 valence electrons. The van der Waals surface area contributed by atoms with Gasteiger partial charge in [-0.2, -0.15) is 0 Å². The molecule has 2 N–H and O–H groups in total. The van der Waals surface area contributed by atoms with Crippen LogP contribution in [-0.4, -0.2) is 15.9 Å². The summed E-state index contributed by atoms with van der Waals surface area (Å²) in [6.45, 7) is 3.57. The minimum Gasteiger partial charge on any atom is -0.303 e. The Hall–Kier alpha value is 0.110. The van der Waals surface area contributed by atoms with E-state index in [0.717, 1.165) is 6.42 Å². The molecule has 0 aromatic carbocycles. The Morgan fingerprint density at radius 3 is 2.40 bits per heavy atom. The van der Waals surface area contributed by atoms with Crippen molar-refractivity contribution in [2.75, 3.05) is 0 Å². The third kappa shape index (κ3) is 6.23. The van der Waals surface area contributed by atoms with Gasteiger partial charge >= 0.3 is 7.82 Å². The molecule has 0 aromatic rings. The lowest BCUT2D eigenvalue weighted by Crippen LogP contribution is -2.04. The fourth-order valence-corrected chi connectivity index (χ4v) is 1.27. The summed E-state index contributed by atoms with van der Waals surface area (Å²) in [6.07, 6.45) is 1.18. The van der Waals surface area contributed by atoms with E-state index in [0.29, 0.717) is 6.42 Å². The molecule has 1 atom stereocenters. The molecule has 0 aromatic heterocycles. The molecule has 0 aliphatic carbocycles. The zero-order chi connectivity index (χ0) is 8.20. The number of phosphoric acid groups is 1. The van der Waals surface area contributed by atoms with Crippen molar-refractivity contribution in [3.63, 3.8) is 0 Å². The largest absolute Gasteiger partial charge is 0.469 e. The van der Waals surface area contributed by atoms with Gasteiger partial charge in [0.05, 0.1) is 6.10 Å². The molecule has 5 heteroatoms. The van der Waals surface area contributed by atoms with E-state index in [1.165, 1.54) is 0 Å². The molecule has 10 heavy (non-hydrogen) atoms. The fourth-order valence-electron chi connectivity index (χ4n) is 0.694. The first-order chi connectivity index (χ1) is 4.45. The number of phosphoric ester groups is 1. The summed E-state index contributed by atoms with van der Waals surface area (Å²) in [4.78, 5) is 16.6. The Morgan fingerprint density at radius 1 is 1.60 bits per heavy atom. The van der Waals surface area contributed by atoms with E-state index in [1.54, 1.807) is 6.92 Å². The predicted octanol–water partition coefficient (Wildman–Crippen LogP) is 1.28. The summed E-state index contributed by atoms with van der Waals surface area (Å²) in [5, 5.41) is 0. The predicted molar refractivity (Wildman–Crippen MR) is 37.5 cm³/mol. The highest BCUT2D eigenvalue weighted by molar-refractivity contribution is 7.46. The van der Waals surface area contributed by atoms with Gasteiger partial charge in [-0.1, -0.05) is 13.3 Å². The van der Waals surface area contributed by atoms with Crippen LogP contribution < -0.4 is 0 Å². The Bertz CT molecular complexity index is 130. The van der Waals surface area contributed by atoms with Crippen molar-refractivity contribution in [1.29, 1.82) is 0 Å². The molecule has 0 fully saturated rings. The lowest BCUT2D eigenvalue weighted by atomic mass is 10.2. The highest BCUT2D eigenvalue weighted by Crippen LogP contribution is 2.38. The summed E-state index contributed by atoms with van der Waals surface area (Å²) in [7, 11) is -4.25. The first kappa shape index (κ1) is 10.1. The maximum absolute atomic E-state index is 10.2. The zero-order valence-electron chi connectivity index (χ0n) is 6.15. The molecule has 0 aliphatic heterocycles. The van der Waals surface area contributed by atoms with Crippen molar-refractivity contribution in [3.8, 4) is 0 Å². The summed E-state index contributed by atoms with van der Waals surface area (Å²) in [6, 6.07) is 0. The second kappa shape index (κ2) is 4.09. The fraction of sp³-hybridized carbons (Fsp3) is 1.00. The van der Waals surface area contributed by atoms with Crippen LogP contribution in [0, 0.1) is 0 Å². The molecule has 0 spiro atoms. The van der Waals surface area contributed by atoms with E-state index in [-0.39, 0.29) is 6.10 Å². The van der Waals surface area contributed by atoms with Gasteiger partial charge in [-0.25, -0.2) is 4.57 Å². The molecular formula is C5H13O4P. The van der Waals surface area contributed by atoms with Crippen LogP contribution in [0.15, 0.2) is 0 Å². The highest BCUT2D eigenvalue weighted by atomic mass is 31.2. The number of hydrogen-bond acceptors (Lipinski definition) is 2. The maximum Gasteiger partial charge on any atom is 0.469 e. The maximum atomic E-state index is 10.2. The normalized spacial score (nSPS) is 15.2. The quantitative estimate of drug-likeness (QED) is 0.620. The minimum atomic E-state index is -4.25. The molecule has 0 heterocycles. The number of hydrogen-bond donors (Lipinski definition) is 2. The van der Waals surface area contributed by atoms with Crippen LogP contribution in [0.2, 0.25) is 0 Å². The van der Waals surface area contributed by atoms with Gasteiger partial charge in [0, 0.05) is 0 Å². The van der Waals surface area contributed by atoms with Crippen LogP contribution in [0.1, 0.15) is 26.7 Å². The standard InChI is InChI=1S/C5H13O4P/c1-3-4-5(2)9-10(6,7)8/h5H,3-4H2,1-2H3,(H2,6,7,8). The molecule has 0 aliphatic rings. The first-order valence-electron chi connectivity index (χ1n) is 3.19. The molecule has 0 radical (unpaired) electrons. The molecule has 0 saturated heterocycles. The van der Waals surface area contributed by atoms with Gasteiger partial charge < -0.3 is 9.79 Å². The molecule has 1 unspecified atom stereocenters. The van der Waals surface area contributed by atoms with Gasteiger partial charge in [0.25, 0.3) is 0 Å². The third-order valence-electron chi connectivity index (χ3n) is 1.01. The first-order valence-corrected chi connectivity index (χ1v) is 4.72. The van der Waals surface area contributed by atoms with Gasteiger partial charge in [-0.3, -0.25) is 4.52 Å². The van der Waals surface area contributed by atoms with Crippen molar-refractivity contribution in [2.24, 2.45) is 0 Å². The lowest BCUT2D eigenvalue weighted by molar-refractivity contribution is 0.138. The van der Waals surface area contributed by atoms with Crippen LogP contribution >= 0.6 is 7.82 Å². The average Bonchev–Trinajstić information content (AvgIpc) is 1.59. The minimum absolute atomic E-state index is 0.356. The van der Waals surface area contributed by atoms with Crippen LogP contribution in [0.5, 0.6) is 0 Å². The van der Waals surface area contributed by atoms with E-state index in [4.69, 9.17) is 9.79 Å². The molecule has 0 rings (SSSR count). The van der Waals surface area contributed by atoms with E-state index in [1.807, 2.05) is 6.92 Å². The highest BCUT2D eigenvalue weighted by Gasteiger charge is 2.17. The lowest BCUT2D eigenvalue weighted by Gasteiger charge is -2.11. The monoisotopic (exact) mass is 168 g/mol. The van der Waals surface area contributed by atoms with Crippen LogP contribution in [0.4, 0.5) is 0 Å². The third-order valence-corrected chi connectivity index (χ3v) is 1.65. The summed E-state index contributed by atoms with van der Waals surface area (Å²) >= 11 is 0. The van der Waals surface area contributed by atoms with Crippen molar-refractivity contribution in [2.45, 2.75) is 32.8 Å². The van der Waals surface area contributed by atoms with Crippen LogP contribution in [-0.2, 0) is 9.09 Å². The summed E-state index contributed by atoms with van der Waals surface area (Å²) in [5.74, 6) is 0. The van der Waals surface area contributed by atoms with Gasteiger partial charge in [-0.05, 0) is 13.3 Å². The van der Waals surface area contributed by atoms with Gasteiger partial charge in [0.15, 0.2) is 0 Å². The van der Waals surface area contributed by atoms with E-state index < -0.39 is 7.82 Å². The van der Waals surface area contributed by atoms with Gasteiger partial charge in [0.1, 0.15) is 0 Å². The van der Waals surface area contributed by atoms with Crippen molar-refractivity contribution in [3.05, 3.63) is 0 Å². The zero-order valence-corrected chi connectivity index (χ0v) is 7.04. The second-order valence-corrected chi connectivity index (χ2v) is 3.39. The second-order valence-electron chi connectivity index (χ2n) is 2.20. The van der Waals surface area contributed by atoms with Crippen molar-refractivity contribution in [1.82, 2.24) is 0 Å². The van der Waals surface area contributed by atoms with Gasteiger partial charge in [0.2, 0.25) is 0 Å².